The minimum Gasteiger partial charge on any atom is -0.481 e. The topological polar surface area (TPSA) is 49.3 Å². The van der Waals surface area contributed by atoms with Gasteiger partial charge in [-0.25, -0.2) is 0 Å². The first-order chi connectivity index (χ1) is 10.7. The van der Waals surface area contributed by atoms with Crippen molar-refractivity contribution >= 4 is 49.2 Å². The van der Waals surface area contributed by atoms with Crippen LogP contribution in [0.1, 0.15) is 31.9 Å². The summed E-state index contributed by atoms with van der Waals surface area (Å²) in [5.41, 5.74) is 3.54. The fourth-order valence-corrected chi connectivity index (χ4v) is 3.44. The zero-order chi connectivity index (χ0) is 17.2. The van der Waals surface area contributed by atoms with Crippen LogP contribution in [-0.2, 0) is 16.6 Å². The highest BCUT2D eigenvalue weighted by molar-refractivity contribution is 9.11. The third kappa shape index (κ3) is 4.58. The van der Waals surface area contributed by atoms with E-state index in [1.165, 1.54) is 0 Å². The number of anilines is 2. The highest BCUT2D eigenvalue weighted by Crippen LogP contribution is 2.35. The number of benzene rings is 2. The number of rotatable bonds is 4. The van der Waals surface area contributed by atoms with Gasteiger partial charge in [-0.05, 0) is 66.6 Å². The van der Waals surface area contributed by atoms with E-state index in [-0.39, 0.29) is 11.8 Å². The minimum absolute atomic E-state index is 0.0195. The Hall–Kier alpha value is -1.33. The quantitative estimate of drug-likeness (QED) is 0.623. The molecular formula is C18H19Br2NO2. The lowest BCUT2D eigenvalue weighted by Gasteiger charge is -2.22. The number of halogens is 2. The van der Waals surface area contributed by atoms with Crippen LogP contribution in [0.5, 0.6) is 0 Å². The van der Waals surface area contributed by atoms with Crippen molar-refractivity contribution in [1.82, 2.24) is 0 Å². The molecule has 0 spiro atoms. The normalized spacial score (nSPS) is 11.3. The lowest BCUT2D eigenvalue weighted by molar-refractivity contribution is -0.136. The molecule has 0 unspecified atom stereocenters. The Morgan fingerprint density at radius 1 is 1.13 bits per heavy atom. The number of nitrogens with one attached hydrogen (secondary N) is 1. The van der Waals surface area contributed by atoms with Gasteiger partial charge in [0.1, 0.15) is 0 Å². The van der Waals surface area contributed by atoms with Gasteiger partial charge >= 0.3 is 5.97 Å². The van der Waals surface area contributed by atoms with E-state index in [2.05, 4.69) is 57.9 Å². The number of carbonyl (C=O) groups is 1. The van der Waals surface area contributed by atoms with E-state index in [1.54, 1.807) is 0 Å². The molecule has 0 amide bonds. The Bertz CT molecular complexity index is 716. The molecule has 23 heavy (non-hydrogen) atoms. The van der Waals surface area contributed by atoms with Gasteiger partial charge in [0.15, 0.2) is 0 Å². The largest absolute Gasteiger partial charge is 0.481 e. The number of aliphatic carboxylic acids is 1. The summed E-state index contributed by atoms with van der Waals surface area (Å²) >= 11 is 7.03. The van der Waals surface area contributed by atoms with Gasteiger partial charge in [-0.15, -0.1) is 0 Å². The van der Waals surface area contributed by atoms with Crippen LogP contribution in [-0.4, -0.2) is 11.1 Å². The summed E-state index contributed by atoms with van der Waals surface area (Å²) < 4.78 is 1.82. The van der Waals surface area contributed by atoms with Gasteiger partial charge in [0, 0.05) is 14.6 Å². The summed E-state index contributed by atoms with van der Waals surface area (Å²) in [6.07, 6.45) is -0.0195. The first-order valence-electron chi connectivity index (χ1n) is 7.24. The van der Waals surface area contributed by atoms with Gasteiger partial charge in [0.25, 0.3) is 0 Å². The van der Waals surface area contributed by atoms with Crippen LogP contribution in [0.4, 0.5) is 11.4 Å². The van der Waals surface area contributed by atoms with E-state index in [0.717, 1.165) is 31.4 Å². The lowest BCUT2D eigenvalue weighted by atomic mass is 9.85. The lowest BCUT2D eigenvalue weighted by Crippen LogP contribution is -2.13. The van der Waals surface area contributed by atoms with E-state index >= 15 is 0 Å². The van der Waals surface area contributed by atoms with Crippen molar-refractivity contribution in [3.05, 3.63) is 56.5 Å². The summed E-state index contributed by atoms with van der Waals surface area (Å²) in [6, 6.07) is 11.8. The number of hydrogen-bond donors (Lipinski definition) is 2. The first kappa shape index (κ1) is 18.0. The van der Waals surface area contributed by atoms with Crippen molar-refractivity contribution in [3.63, 3.8) is 0 Å². The molecule has 0 aliphatic rings. The molecule has 0 saturated heterocycles. The van der Waals surface area contributed by atoms with Crippen LogP contribution in [0.15, 0.2) is 45.3 Å². The zero-order valence-corrected chi connectivity index (χ0v) is 16.5. The molecule has 3 nitrogen and oxygen atoms in total. The molecule has 5 heteroatoms. The third-order valence-electron chi connectivity index (χ3n) is 3.54. The van der Waals surface area contributed by atoms with E-state index in [4.69, 9.17) is 0 Å². The maximum atomic E-state index is 11.2. The number of hydrogen-bond acceptors (Lipinski definition) is 2. The molecule has 2 aromatic rings. The molecule has 0 aliphatic heterocycles. The van der Waals surface area contributed by atoms with Crippen LogP contribution in [0.3, 0.4) is 0 Å². The summed E-state index contributed by atoms with van der Waals surface area (Å²) in [5, 5.41) is 12.6. The molecule has 2 aromatic carbocycles. The highest BCUT2D eigenvalue weighted by atomic mass is 79.9. The van der Waals surface area contributed by atoms with Gasteiger partial charge < -0.3 is 10.4 Å². The molecule has 122 valence electrons. The summed E-state index contributed by atoms with van der Waals surface area (Å²) in [6.45, 7) is 6.35. The minimum atomic E-state index is -0.842. The Kier molecular flexibility index (Phi) is 5.53. The number of carboxylic acids is 1. The Morgan fingerprint density at radius 2 is 1.74 bits per heavy atom. The van der Waals surface area contributed by atoms with Crippen molar-refractivity contribution in [2.24, 2.45) is 0 Å². The Labute approximate surface area is 153 Å². The second kappa shape index (κ2) is 7.05. The van der Waals surface area contributed by atoms with Gasteiger partial charge in [-0.1, -0.05) is 39.0 Å². The van der Waals surface area contributed by atoms with E-state index in [9.17, 15) is 9.90 Å². The van der Waals surface area contributed by atoms with Crippen LogP contribution >= 0.6 is 31.9 Å². The third-order valence-corrected chi connectivity index (χ3v) is 4.86. The number of para-hydroxylation sites is 1. The molecular weight excluding hydrogens is 422 g/mol. The maximum Gasteiger partial charge on any atom is 0.307 e. The molecule has 0 radical (unpaired) electrons. The van der Waals surface area contributed by atoms with Gasteiger partial charge in [0.2, 0.25) is 0 Å². The SMILES string of the molecule is CC(C)(C)c1ccc(Nc2c(Br)cccc2Br)c(CC(=O)O)c1. The molecule has 0 fully saturated rings. The summed E-state index contributed by atoms with van der Waals surface area (Å²) in [7, 11) is 0. The highest BCUT2D eigenvalue weighted by Gasteiger charge is 2.17. The molecule has 2 rings (SSSR count). The first-order valence-corrected chi connectivity index (χ1v) is 8.83. The van der Waals surface area contributed by atoms with Gasteiger partial charge in [-0.3, -0.25) is 4.79 Å². The Balaban J connectivity index is 2.47. The van der Waals surface area contributed by atoms with Gasteiger partial charge in [0.05, 0.1) is 12.1 Å². The Morgan fingerprint density at radius 3 is 2.26 bits per heavy atom. The van der Waals surface area contributed by atoms with Crippen molar-refractivity contribution < 1.29 is 9.90 Å². The maximum absolute atomic E-state index is 11.2. The summed E-state index contributed by atoms with van der Waals surface area (Å²) in [4.78, 5) is 11.2. The summed E-state index contributed by atoms with van der Waals surface area (Å²) in [5.74, 6) is -0.842. The molecule has 0 aromatic heterocycles. The molecule has 0 atom stereocenters. The average Bonchev–Trinajstić information content (AvgIpc) is 2.42. The number of carboxylic acid groups (broad SMARTS) is 1. The van der Waals surface area contributed by atoms with E-state index in [1.807, 2.05) is 36.4 Å². The van der Waals surface area contributed by atoms with Crippen molar-refractivity contribution in [1.29, 1.82) is 0 Å². The van der Waals surface area contributed by atoms with Crippen LogP contribution in [0, 0.1) is 0 Å². The van der Waals surface area contributed by atoms with Crippen LogP contribution < -0.4 is 5.32 Å². The van der Waals surface area contributed by atoms with E-state index in [0.29, 0.717) is 0 Å². The standard InChI is InChI=1S/C18H19Br2NO2/c1-18(2,3)12-7-8-15(11(9-12)10-16(22)23)21-17-13(19)5-4-6-14(17)20/h4-9,21H,10H2,1-3H3,(H,22,23). The molecule has 0 bridgehead atoms. The van der Waals surface area contributed by atoms with Crippen molar-refractivity contribution in [2.45, 2.75) is 32.6 Å². The second-order valence-corrected chi connectivity index (χ2v) is 8.12. The smallest absolute Gasteiger partial charge is 0.307 e. The van der Waals surface area contributed by atoms with Crippen LogP contribution in [0.2, 0.25) is 0 Å². The predicted octanol–water partition coefficient (Wildman–Crippen LogP) is 5.88. The average molecular weight is 441 g/mol. The van der Waals surface area contributed by atoms with Gasteiger partial charge in [-0.2, -0.15) is 0 Å². The molecule has 2 N–H and O–H groups in total. The fraction of sp³-hybridized carbons (Fsp3) is 0.278. The molecule has 0 saturated carbocycles. The molecule has 0 heterocycles. The zero-order valence-electron chi connectivity index (χ0n) is 13.3. The van der Waals surface area contributed by atoms with Crippen molar-refractivity contribution in [2.75, 3.05) is 5.32 Å². The van der Waals surface area contributed by atoms with E-state index < -0.39 is 5.97 Å². The van der Waals surface area contributed by atoms with Crippen LogP contribution in [0.25, 0.3) is 0 Å². The second-order valence-electron chi connectivity index (χ2n) is 6.41. The predicted molar refractivity (Wildman–Crippen MR) is 102 cm³/mol. The fourth-order valence-electron chi connectivity index (χ4n) is 2.24. The van der Waals surface area contributed by atoms with Crippen molar-refractivity contribution in [3.8, 4) is 0 Å². The monoisotopic (exact) mass is 439 g/mol. The molecule has 0 aliphatic carbocycles.